The number of anilines is 1. The first-order chi connectivity index (χ1) is 25.8. The average Bonchev–Trinajstić information content (AvgIpc) is 3.91. The van der Waals surface area contributed by atoms with Gasteiger partial charge >= 0.3 is 5.69 Å². The Morgan fingerprint density at radius 3 is 2.57 bits per heavy atom. The van der Waals surface area contributed by atoms with Gasteiger partial charge in [-0.2, -0.15) is 0 Å². The monoisotopic (exact) mass is 714 g/mol. The van der Waals surface area contributed by atoms with Crippen molar-refractivity contribution < 1.29 is 14.4 Å². The summed E-state index contributed by atoms with van der Waals surface area (Å²) in [6, 6.07) is 13.0. The van der Waals surface area contributed by atoms with E-state index in [9.17, 15) is 19.2 Å². The second kappa shape index (κ2) is 13.1. The molecule has 9 rings (SSSR count). The summed E-state index contributed by atoms with van der Waals surface area (Å²) >= 11 is 0. The van der Waals surface area contributed by atoms with E-state index in [4.69, 9.17) is 9.97 Å². The maximum atomic E-state index is 13.3. The van der Waals surface area contributed by atoms with Gasteiger partial charge in [0.25, 0.3) is 5.91 Å². The van der Waals surface area contributed by atoms with E-state index in [2.05, 4.69) is 30.4 Å². The van der Waals surface area contributed by atoms with Gasteiger partial charge in [0.05, 0.1) is 28.0 Å². The van der Waals surface area contributed by atoms with Gasteiger partial charge in [-0.1, -0.05) is 25.0 Å². The molecule has 4 aliphatic rings. The quantitative estimate of drug-likeness (QED) is 0.215. The summed E-state index contributed by atoms with van der Waals surface area (Å²) in [5.74, 6) is 0.735. The molecular formula is C39H42N10O4. The number of carbonyl (C=O) groups excluding carboxylic acids is 3. The maximum absolute atomic E-state index is 13.3. The molecule has 0 radical (unpaired) electrons. The molecule has 4 aromatic heterocycles. The van der Waals surface area contributed by atoms with Crippen molar-refractivity contribution in [3.05, 3.63) is 82.2 Å². The Kier molecular flexibility index (Phi) is 8.21. The van der Waals surface area contributed by atoms with Crippen molar-refractivity contribution in [3.63, 3.8) is 0 Å². The summed E-state index contributed by atoms with van der Waals surface area (Å²) in [4.78, 5) is 72.9. The van der Waals surface area contributed by atoms with Crippen LogP contribution < -0.4 is 21.2 Å². The molecule has 1 aromatic carbocycles. The highest BCUT2D eigenvalue weighted by Crippen LogP contribution is 2.44. The van der Waals surface area contributed by atoms with Crippen LogP contribution in [-0.2, 0) is 28.5 Å². The summed E-state index contributed by atoms with van der Waals surface area (Å²) < 4.78 is 3.17. The topological polar surface area (TPSA) is 163 Å². The Morgan fingerprint density at radius 2 is 1.79 bits per heavy atom. The molecule has 1 atom stereocenters. The van der Waals surface area contributed by atoms with Crippen molar-refractivity contribution in [1.82, 2.24) is 44.6 Å². The number of imide groups is 1. The number of aromatic amines is 1. The largest absolute Gasteiger partial charge is 0.356 e. The number of pyridine rings is 1. The minimum Gasteiger partial charge on any atom is -0.356 e. The minimum absolute atomic E-state index is 0.00731. The molecule has 2 saturated heterocycles. The molecule has 0 bridgehead atoms. The van der Waals surface area contributed by atoms with Gasteiger partial charge in [-0.15, -0.1) is 0 Å². The van der Waals surface area contributed by atoms with Crippen molar-refractivity contribution in [2.75, 3.05) is 44.2 Å². The summed E-state index contributed by atoms with van der Waals surface area (Å²) in [5.41, 5.74) is 6.52. The first-order valence-corrected chi connectivity index (χ1v) is 18.6. The number of hydrogen-bond donors (Lipinski definition) is 3. The zero-order valence-corrected chi connectivity index (χ0v) is 29.7. The molecule has 3 aliphatic heterocycles. The molecule has 5 aromatic rings. The van der Waals surface area contributed by atoms with E-state index in [0.29, 0.717) is 18.8 Å². The van der Waals surface area contributed by atoms with Crippen LogP contribution in [0.5, 0.6) is 0 Å². The molecule has 1 spiro atoms. The number of amides is 3. The molecule has 3 amide bonds. The number of piperazine rings is 1. The first kappa shape index (κ1) is 33.2. The molecule has 3 fully saturated rings. The zero-order chi connectivity index (χ0) is 36.3. The van der Waals surface area contributed by atoms with Crippen LogP contribution >= 0.6 is 0 Å². The standard InChI is InChI=1S/C39H42N10O4/c1-46-33-24(5-4-6-29(33)49(38(46)53)30-8-10-32(50)45-37(30)52)12-16-47-17-19-48(20-18-47)31-9-7-25(22-41-31)35-40-15-11-27(44-35)28-21-26-34(43-28)39(13-2-3-14-39)23-42-36(26)51/h4-7,9,11,15,21-22,30,43H,2-3,8,10,12-14,16-20,23H2,1H3,(H,42,51)(H,45,50,52). The van der Waals surface area contributed by atoms with E-state index < -0.39 is 11.9 Å². The van der Waals surface area contributed by atoms with E-state index in [1.54, 1.807) is 22.4 Å². The third kappa shape index (κ3) is 5.81. The molecule has 272 valence electrons. The van der Waals surface area contributed by atoms with Crippen LogP contribution in [0, 0.1) is 0 Å². The number of benzene rings is 1. The SMILES string of the molecule is Cn1c(=O)n(C2CCC(=O)NC2=O)c2cccc(CCN3CCN(c4ccc(-c5nccc(-c6cc7c([nH]6)C6(CCCC6)CNC7=O)n5)cn4)CC3)c21. The van der Waals surface area contributed by atoms with Crippen LogP contribution in [0.2, 0.25) is 0 Å². The van der Waals surface area contributed by atoms with Gasteiger partial charge in [-0.25, -0.2) is 19.7 Å². The van der Waals surface area contributed by atoms with Crippen molar-refractivity contribution in [3.8, 4) is 22.8 Å². The van der Waals surface area contributed by atoms with E-state index in [-0.39, 0.29) is 29.3 Å². The lowest BCUT2D eigenvalue weighted by molar-refractivity contribution is -0.135. The number of piperidine rings is 1. The summed E-state index contributed by atoms with van der Waals surface area (Å²) in [7, 11) is 1.75. The molecule has 53 heavy (non-hydrogen) atoms. The number of H-pyrrole nitrogens is 1. The second-order valence-electron chi connectivity index (χ2n) is 14.9. The fourth-order valence-electron chi connectivity index (χ4n) is 8.88. The highest BCUT2D eigenvalue weighted by Gasteiger charge is 2.43. The predicted octanol–water partition coefficient (Wildman–Crippen LogP) is 3.08. The van der Waals surface area contributed by atoms with Crippen LogP contribution in [0.1, 0.15) is 66.2 Å². The fraction of sp³-hybridized carbons (Fsp3) is 0.410. The normalized spacial score (nSPS) is 20.2. The van der Waals surface area contributed by atoms with Crippen molar-refractivity contribution in [1.29, 1.82) is 0 Å². The highest BCUT2D eigenvalue weighted by molar-refractivity contribution is 6.00. The molecular weight excluding hydrogens is 672 g/mol. The number of carbonyl (C=O) groups is 3. The van der Waals surface area contributed by atoms with Crippen molar-refractivity contribution in [2.24, 2.45) is 7.05 Å². The number of hydrogen-bond acceptors (Lipinski definition) is 9. The molecule has 14 nitrogen and oxygen atoms in total. The second-order valence-corrected chi connectivity index (χ2v) is 14.9. The first-order valence-electron chi connectivity index (χ1n) is 18.6. The summed E-state index contributed by atoms with van der Waals surface area (Å²) in [6.45, 7) is 4.94. The lowest BCUT2D eigenvalue weighted by atomic mass is 9.78. The third-order valence-electron chi connectivity index (χ3n) is 11.8. The number of rotatable bonds is 7. The molecule has 1 saturated carbocycles. The Labute approximate surface area is 305 Å². The lowest BCUT2D eigenvalue weighted by Gasteiger charge is -2.35. The molecule has 14 heteroatoms. The average molecular weight is 715 g/mol. The fourth-order valence-corrected chi connectivity index (χ4v) is 8.88. The van der Waals surface area contributed by atoms with Crippen LogP contribution in [0.15, 0.2) is 59.7 Å². The van der Waals surface area contributed by atoms with Crippen LogP contribution in [0.3, 0.4) is 0 Å². The Balaban J connectivity index is 0.846. The number of para-hydroxylation sites is 1. The smallest absolute Gasteiger partial charge is 0.329 e. The van der Waals surface area contributed by atoms with Gasteiger partial charge in [-0.05, 0) is 61.6 Å². The Hall–Kier alpha value is -5.63. The van der Waals surface area contributed by atoms with Crippen molar-refractivity contribution in [2.45, 2.75) is 56.4 Å². The lowest BCUT2D eigenvalue weighted by Crippen LogP contribution is -2.47. The molecule has 7 heterocycles. The van der Waals surface area contributed by atoms with E-state index in [1.165, 1.54) is 12.8 Å². The van der Waals surface area contributed by atoms with Gasteiger partial charge in [0.2, 0.25) is 11.8 Å². The van der Waals surface area contributed by atoms with E-state index in [0.717, 1.165) is 103 Å². The van der Waals surface area contributed by atoms with E-state index in [1.807, 2.05) is 48.7 Å². The molecule has 3 N–H and O–H groups in total. The van der Waals surface area contributed by atoms with Crippen LogP contribution in [0.4, 0.5) is 5.82 Å². The van der Waals surface area contributed by atoms with Crippen LogP contribution in [0.25, 0.3) is 33.8 Å². The van der Waals surface area contributed by atoms with Crippen LogP contribution in [-0.4, -0.2) is 91.0 Å². The van der Waals surface area contributed by atoms with E-state index >= 15 is 0 Å². The third-order valence-corrected chi connectivity index (χ3v) is 11.8. The highest BCUT2D eigenvalue weighted by atomic mass is 16.2. The van der Waals surface area contributed by atoms with Gasteiger partial charge in [0, 0.05) is 81.8 Å². The maximum Gasteiger partial charge on any atom is 0.329 e. The number of aromatic nitrogens is 6. The minimum atomic E-state index is -0.697. The number of aryl methyl sites for hydroxylation is 1. The van der Waals surface area contributed by atoms with Gasteiger partial charge < -0.3 is 15.2 Å². The van der Waals surface area contributed by atoms with Gasteiger partial charge in [0.1, 0.15) is 11.9 Å². The zero-order valence-electron chi connectivity index (χ0n) is 29.7. The number of fused-ring (bicyclic) bond motifs is 3. The summed E-state index contributed by atoms with van der Waals surface area (Å²) in [6.07, 6.45) is 9.37. The van der Waals surface area contributed by atoms with Crippen molar-refractivity contribution >= 4 is 34.6 Å². The van der Waals surface area contributed by atoms with Gasteiger partial charge in [-0.3, -0.25) is 33.7 Å². The number of imidazole rings is 1. The molecule has 1 unspecified atom stereocenters. The van der Waals surface area contributed by atoms with Gasteiger partial charge in [0.15, 0.2) is 5.82 Å². The number of nitrogens with zero attached hydrogens (tertiary/aromatic N) is 7. The summed E-state index contributed by atoms with van der Waals surface area (Å²) in [5, 5.41) is 5.49. The Bertz CT molecular complexity index is 2310. The molecule has 1 aliphatic carbocycles. The number of nitrogens with one attached hydrogen (secondary N) is 3. The Morgan fingerprint density at radius 1 is 0.962 bits per heavy atom. The predicted molar refractivity (Wildman–Crippen MR) is 198 cm³/mol.